The summed E-state index contributed by atoms with van der Waals surface area (Å²) in [6.45, 7) is 1.26. The number of benzene rings is 4. The summed E-state index contributed by atoms with van der Waals surface area (Å²) in [5, 5.41) is 4.10. The number of aryl methyl sites for hydroxylation is 1. The minimum Gasteiger partial charge on any atom is -0.352 e. The molecule has 0 spiro atoms. The van der Waals surface area contributed by atoms with E-state index in [4.69, 9.17) is 34.8 Å². The fourth-order valence-electron chi connectivity index (χ4n) is 5.98. The van der Waals surface area contributed by atoms with Crippen molar-refractivity contribution in [1.82, 2.24) is 10.2 Å². The third-order valence-corrected chi connectivity index (χ3v) is 10.9. The van der Waals surface area contributed by atoms with Gasteiger partial charge >= 0.3 is 0 Å². The highest BCUT2D eigenvalue weighted by Crippen LogP contribution is 2.31. The van der Waals surface area contributed by atoms with Crippen LogP contribution in [0.4, 0.5) is 5.69 Å². The van der Waals surface area contributed by atoms with Crippen LogP contribution >= 0.6 is 34.8 Å². The summed E-state index contributed by atoms with van der Waals surface area (Å²) >= 11 is 19.0. The van der Waals surface area contributed by atoms with Crippen molar-refractivity contribution >= 4 is 62.3 Å². The quantitative estimate of drug-likeness (QED) is 0.159. The summed E-state index contributed by atoms with van der Waals surface area (Å²) in [4.78, 5) is 30.4. The standard InChI is InChI=1S/C37H38Cl3N3O4S/c1-26-15-17-34(18-16-26)48(46,47)43(33-22-30(39)21-31(40)23-33)25-36(44)42(24-28-11-8-12-29(38)19-28)35(20-27-9-4-2-5-10-27)37(45)41-32-13-6-3-7-14-32/h2,4-5,8-12,15-19,21-23,32,35H,3,6-7,13-14,20,24-25H2,1H3,(H,41,45)/t35-/m0/s1. The smallest absolute Gasteiger partial charge is 0.264 e. The molecule has 0 aromatic heterocycles. The Morgan fingerprint density at radius 1 is 0.792 bits per heavy atom. The van der Waals surface area contributed by atoms with Gasteiger partial charge < -0.3 is 10.2 Å². The lowest BCUT2D eigenvalue weighted by atomic mass is 9.94. The largest absolute Gasteiger partial charge is 0.352 e. The number of nitrogens with one attached hydrogen (secondary N) is 1. The number of amides is 2. The molecule has 1 N–H and O–H groups in total. The number of carbonyl (C=O) groups excluding carboxylic acids is 2. The Balaban J connectivity index is 1.58. The molecule has 0 radical (unpaired) electrons. The molecule has 1 saturated carbocycles. The first-order valence-corrected chi connectivity index (χ1v) is 18.5. The zero-order valence-electron chi connectivity index (χ0n) is 26.6. The molecule has 1 aliphatic rings. The first-order chi connectivity index (χ1) is 23.0. The predicted molar refractivity (Wildman–Crippen MR) is 193 cm³/mol. The minimum absolute atomic E-state index is 0.000314. The summed E-state index contributed by atoms with van der Waals surface area (Å²) < 4.78 is 29.5. The Hall–Kier alpha value is -3.56. The molecular formula is C37H38Cl3N3O4S. The van der Waals surface area contributed by atoms with Crippen LogP contribution in [0.3, 0.4) is 0 Å². The maximum atomic E-state index is 14.7. The van der Waals surface area contributed by atoms with E-state index in [2.05, 4.69) is 5.32 Å². The molecule has 0 unspecified atom stereocenters. The van der Waals surface area contributed by atoms with Crippen LogP contribution in [0.25, 0.3) is 0 Å². The van der Waals surface area contributed by atoms with Gasteiger partial charge in [0.25, 0.3) is 10.0 Å². The van der Waals surface area contributed by atoms with E-state index in [1.165, 1.54) is 35.2 Å². The number of nitrogens with zero attached hydrogens (tertiary/aromatic N) is 2. The molecule has 1 fully saturated rings. The van der Waals surface area contributed by atoms with Crippen LogP contribution in [0.5, 0.6) is 0 Å². The first kappa shape index (κ1) is 35.7. The molecule has 0 saturated heterocycles. The highest BCUT2D eigenvalue weighted by atomic mass is 35.5. The van der Waals surface area contributed by atoms with Crippen LogP contribution in [-0.2, 0) is 32.6 Å². The minimum atomic E-state index is -4.29. The van der Waals surface area contributed by atoms with Gasteiger partial charge in [0, 0.05) is 34.1 Å². The maximum absolute atomic E-state index is 14.7. The number of hydrogen-bond acceptors (Lipinski definition) is 4. The van der Waals surface area contributed by atoms with Crippen molar-refractivity contribution in [2.24, 2.45) is 0 Å². The number of anilines is 1. The van der Waals surface area contributed by atoms with E-state index >= 15 is 0 Å². The molecular weight excluding hydrogens is 689 g/mol. The summed E-state index contributed by atoms with van der Waals surface area (Å²) in [6, 6.07) is 26.3. The van der Waals surface area contributed by atoms with E-state index in [0.717, 1.165) is 47.5 Å². The monoisotopic (exact) mass is 725 g/mol. The first-order valence-electron chi connectivity index (χ1n) is 15.9. The van der Waals surface area contributed by atoms with Crippen LogP contribution < -0.4 is 9.62 Å². The highest BCUT2D eigenvalue weighted by Gasteiger charge is 2.35. The predicted octanol–water partition coefficient (Wildman–Crippen LogP) is 8.24. The molecule has 1 atom stereocenters. The molecule has 1 aliphatic carbocycles. The van der Waals surface area contributed by atoms with Crippen LogP contribution in [-0.4, -0.2) is 43.8 Å². The molecule has 4 aromatic carbocycles. The van der Waals surface area contributed by atoms with E-state index in [-0.39, 0.29) is 45.5 Å². The number of sulfonamides is 1. The van der Waals surface area contributed by atoms with Crippen molar-refractivity contribution < 1.29 is 18.0 Å². The second-order valence-corrected chi connectivity index (χ2v) is 15.3. The van der Waals surface area contributed by atoms with Gasteiger partial charge in [-0.05, 0) is 73.4 Å². The van der Waals surface area contributed by atoms with Crippen molar-refractivity contribution in [1.29, 1.82) is 0 Å². The topological polar surface area (TPSA) is 86.8 Å². The molecule has 252 valence electrons. The van der Waals surface area contributed by atoms with Crippen LogP contribution in [0.1, 0.15) is 48.8 Å². The Bertz CT molecular complexity index is 1810. The normalized spacial score (nSPS) is 14.2. The lowest BCUT2D eigenvalue weighted by Crippen LogP contribution is -2.55. The number of hydrogen-bond donors (Lipinski definition) is 1. The molecule has 0 aliphatic heterocycles. The lowest BCUT2D eigenvalue weighted by Gasteiger charge is -2.35. The molecule has 11 heteroatoms. The van der Waals surface area contributed by atoms with Crippen LogP contribution in [0.2, 0.25) is 15.1 Å². The number of rotatable bonds is 12. The zero-order chi connectivity index (χ0) is 34.3. The number of halogens is 3. The van der Waals surface area contributed by atoms with Gasteiger partial charge in [-0.2, -0.15) is 0 Å². The van der Waals surface area contributed by atoms with E-state index in [9.17, 15) is 18.0 Å². The second-order valence-electron chi connectivity index (χ2n) is 12.2. The second kappa shape index (κ2) is 16.2. The van der Waals surface area contributed by atoms with Gasteiger partial charge in [-0.25, -0.2) is 8.42 Å². The molecule has 5 rings (SSSR count). The average Bonchev–Trinajstić information content (AvgIpc) is 3.05. The van der Waals surface area contributed by atoms with E-state index in [1.54, 1.807) is 30.3 Å². The van der Waals surface area contributed by atoms with Crippen molar-refractivity contribution in [3.63, 3.8) is 0 Å². The average molecular weight is 727 g/mol. The van der Waals surface area contributed by atoms with Crippen molar-refractivity contribution in [3.05, 3.63) is 129 Å². The summed E-state index contributed by atoms with van der Waals surface area (Å²) in [5.74, 6) is -0.874. The summed E-state index contributed by atoms with van der Waals surface area (Å²) in [5.41, 5.74) is 2.55. The summed E-state index contributed by atoms with van der Waals surface area (Å²) in [7, 11) is -4.29. The molecule has 2 amide bonds. The van der Waals surface area contributed by atoms with Gasteiger partial charge in [0.2, 0.25) is 11.8 Å². The molecule has 0 heterocycles. The van der Waals surface area contributed by atoms with Crippen molar-refractivity contribution in [2.75, 3.05) is 10.8 Å². The van der Waals surface area contributed by atoms with Crippen molar-refractivity contribution in [3.8, 4) is 0 Å². The zero-order valence-corrected chi connectivity index (χ0v) is 29.7. The molecule has 4 aromatic rings. The van der Waals surface area contributed by atoms with Crippen LogP contribution in [0, 0.1) is 6.92 Å². The van der Waals surface area contributed by atoms with Gasteiger partial charge in [0.15, 0.2) is 0 Å². The fourth-order valence-corrected chi connectivity index (χ4v) is 8.11. The molecule has 48 heavy (non-hydrogen) atoms. The van der Waals surface area contributed by atoms with Gasteiger partial charge in [-0.3, -0.25) is 13.9 Å². The van der Waals surface area contributed by atoms with E-state index < -0.39 is 28.5 Å². The van der Waals surface area contributed by atoms with E-state index in [0.29, 0.717) is 10.6 Å². The van der Waals surface area contributed by atoms with Crippen molar-refractivity contribution in [2.45, 2.75) is 69.0 Å². The van der Waals surface area contributed by atoms with E-state index in [1.807, 2.05) is 43.3 Å². The Kier molecular flexibility index (Phi) is 12.1. The Labute approximate surface area is 297 Å². The third kappa shape index (κ3) is 9.32. The Morgan fingerprint density at radius 2 is 1.44 bits per heavy atom. The van der Waals surface area contributed by atoms with Crippen LogP contribution in [0.15, 0.2) is 102 Å². The Morgan fingerprint density at radius 3 is 2.08 bits per heavy atom. The van der Waals surface area contributed by atoms with Gasteiger partial charge in [-0.1, -0.05) is 114 Å². The molecule has 7 nitrogen and oxygen atoms in total. The highest BCUT2D eigenvalue weighted by molar-refractivity contribution is 7.92. The fraction of sp³-hybridized carbons (Fsp3) is 0.297. The van der Waals surface area contributed by atoms with Gasteiger partial charge in [-0.15, -0.1) is 0 Å². The number of carbonyl (C=O) groups is 2. The lowest BCUT2D eigenvalue weighted by molar-refractivity contribution is -0.140. The maximum Gasteiger partial charge on any atom is 0.264 e. The third-order valence-electron chi connectivity index (χ3n) is 8.49. The SMILES string of the molecule is Cc1ccc(S(=O)(=O)N(CC(=O)N(Cc2cccc(Cl)c2)[C@@H](Cc2ccccc2)C(=O)NC2CCCCC2)c2cc(Cl)cc(Cl)c2)cc1. The summed E-state index contributed by atoms with van der Waals surface area (Å²) in [6.07, 6.45) is 5.12. The van der Waals surface area contributed by atoms with Gasteiger partial charge in [0.05, 0.1) is 10.6 Å². The molecule has 0 bridgehead atoms. The van der Waals surface area contributed by atoms with Gasteiger partial charge in [0.1, 0.15) is 12.6 Å².